The number of aryl methyl sites for hydroxylation is 1. The van der Waals surface area contributed by atoms with E-state index in [4.69, 9.17) is 4.18 Å². The molecule has 0 amide bonds. The van der Waals surface area contributed by atoms with Crippen LogP contribution in [0.15, 0.2) is 29.2 Å². The second-order valence-electron chi connectivity index (χ2n) is 13.3. The molecule has 4 fully saturated rings. The molecule has 196 valence electrons. The van der Waals surface area contributed by atoms with Crippen molar-refractivity contribution in [2.24, 2.45) is 46.3 Å². The summed E-state index contributed by atoms with van der Waals surface area (Å²) in [5.41, 5.74) is 2.15. The van der Waals surface area contributed by atoms with Crippen LogP contribution in [0.1, 0.15) is 103 Å². The molecule has 0 aromatic heterocycles. The second-order valence-corrected chi connectivity index (χ2v) is 15.0. The molecular weight excluding hydrogens is 452 g/mol. The molecule has 0 bridgehead atoms. The molecule has 4 unspecified atom stereocenters. The first-order valence-corrected chi connectivity index (χ1v) is 16.0. The van der Waals surface area contributed by atoms with Crippen LogP contribution in [0.25, 0.3) is 0 Å². The predicted octanol–water partition coefficient (Wildman–Crippen LogP) is 8.17. The zero-order valence-corrected chi connectivity index (χ0v) is 23.4. The fourth-order valence-corrected chi connectivity index (χ4v) is 10.8. The van der Waals surface area contributed by atoms with Crippen LogP contribution >= 0.6 is 0 Å². The molecular formula is C31H48O3S. The zero-order chi connectivity index (χ0) is 24.8. The van der Waals surface area contributed by atoms with Crippen molar-refractivity contribution in [3.8, 4) is 0 Å². The van der Waals surface area contributed by atoms with Crippen LogP contribution in [-0.4, -0.2) is 15.0 Å². The molecule has 4 aliphatic carbocycles. The zero-order valence-electron chi connectivity index (χ0n) is 22.6. The third-order valence-electron chi connectivity index (χ3n) is 11.7. The van der Waals surface area contributed by atoms with Gasteiger partial charge in [-0.25, -0.2) is 0 Å². The second kappa shape index (κ2) is 9.78. The van der Waals surface area contributed by atoms with Gasteiger partial charge in [0.25, 0.3) is 10.1 Å². The smallest absolute Gasteiger partial charge is 0.266 e. The normalized spacial score (nSPS) is 39.9. The maximum absolute atomic E-state index is 12.5. The summed E-state index contributed by atoms with van der Waals surface area (Å²) in [5, 5.41) is 0. The molecule has 0 saturated heterocycles. The average Bonchev–Trinajstić information content (AvgIpc) is 3.19. The first-order chi connectivity index (χ1) is 16.6. The summed E-state index contributed by atoms with van der Waals surface area (Å²) in [5.74, 6) is 5.23. The van der Waals surface area contributed by atoms with Crippen molar-refractivity contribution < 1.29 is 12.6 Å². The highest BCUT2D eigenvalue weighted by Gasteiger charge is 2.60. The van der Waals surface area contributed by atoms with E-state index < -0.39 is 10.1 Å². The van der Waals surface area contributed by atoms with Crippen LogP contribution in [0.3, 0.4) is 0 Å². The van der Waals surface area contributed by atoms with Crippen LogP contribution in [0.5, 0.6) is 0 Å². The third-order valence-corrected chi connectivity index (χ3v) is 13.0. The minimum absolute atomic E-state index is 0.264. The summed E-state index contributed by atoms with van der Waals surface area (Å²) in [4.78, 5) is 0.264. The molecule has 0 aliphatic heterocycles. The first-order valence-electron chi connectivity index (χ1n) is 14.6. The summed E-state index contributed by atoms with van der Waals surface area (Å²) in [6.07, 6.45) is 16.4. The fourth-order valence-electron chi connectivity index (χ4n) is 9.82. The van der Waals surface area contributed by atoms with Crippen LogP contribution in [0.4, 0.5) is 0 Å². The van der Waals surface area contributed by atoms with Gasteiger partial charge in [-0.15, -0.1) is 0 Å². The molecule has 1 aromatic rings. The topological polar surface area (TPSA) is 43.4 Å². The van der Waals surface area contributed by atoms with Gasteiger partial charge in [-0.1, -0.05) is 51.3 Å². The Hall–Kier alpha value is -0.870. The van der Waals surface area contributed by atoms with Gasteiger partial charge in [0, 0.05) is 0 Å². The van der Waals surface area contributed by atoms with E-state index in [0.717, 1.165) is 48.0 Å². The van der Waals surface area contributed by atoms with Crippen molar-refractivity contribution in [3.05, 3.63) is 29.8 Å². The quantitative estimate of drug-likeness (QED) is 0.280. The molecule has 4 aliphatic rings. The molecule has 3 nitrogen and oxygen atoms in total. The molecule has 5 rings (SSSR count). The van der Waals surface area contributed by atoms with Crippen LogP contribution in [-0.2, 0) is 14.3 Å². The summed E-state index contributed by atoms with van der Waals surface area (Å²) in [6.45, 7) is 9.99. The Bertz CT molecular complexity index is 985. The Labute approximate surface area is 214 Å². The van der Waals surface area contributed by atoms with Crippen LogP contribution in [0.2, 0.25) is 0 Å². The van der Waals surface area contributed by atoms with E-state index >= 15 is 0 Å². The number of hydrogen-bond donors (Lipinski definition) is 0. The lowest BCUT2D eigenvalue weighted by atomic mass is 9.44. The standard InChI is InChI=1S/C31H48O3S/c1-22-10-13-25(14-11-22)35(32,33)34-21-7-8-23(2)27-16-17-28-26-15-12-24-9-5-6-19-30(24,3)29(26)18-20-31(27,28)4/h10-11,13-14,23-24,26-29H,5-9,12,15-21H2,1-4H3/t23-,24?,26?,27-,28?,29?,30+,31-/m1/s1. The lowest BCUT2D eigenvalue weighted by Crippen LogP contribution is -2.53. The van der Waals surface area contributed by atoms with E-state index in [2.05, 4.69) is 20.8 Å². The molecule has 0 N–H and O–H groups in total. The van der Waals surface area contributed by atoms with Gasteiger partial charge in [-0.3, -0.25) is 4.18 Å². The SMILES string of the molecule is Cc1ccc(S(=O)(=O)OCCC[C@@H](C)[C@H]2CCC3C4CCC5CCCC[C@]5(C)C4CC[C@@]32C)cc1. The summed E-state index contributed by atoms with van der Waals surface area (Å²) >= 11 is 0. The van der Waals surface area contributed by atoms with Gasteiger partial charge in [-0.2, -0.15) is 8.42 Å². The lowest BCUT2D eigenvalue weighted by molar-refractivity contribution is -0.114. The summed E-state index contributed by atoms with van der Waals surface area (Å²) in [7, 11) is -3.65. The summed E-state index contributed by atoms with van der Waals surface area (Å²) in [6, 6.07) is 6.94. The molecule has 4 heteroatoms. The minimum Gasteiger partial charge on any atom is -0.266 e. The minimum atomic E-state index is -3.65. The predicted molar refractivity (Wildman–Crippen MR) is 143 cm³/mol. The van der Waals surface area contributed by atoms with E-state index in [0.29, 0.717) is 16.7 Å². The Balaban J connectivity index is 1.17. The van der Waals surface area contributed by atoms with E-state index in [-0.39, 0.29) is 11.5 Å². The fraction of sp³-hybridized carbons (Fsp3) is 0.806. The van der Waals surface area contributed by atoms with Crippen molar-refractivity contribution in [1.29, 1.82) is 0 Å². The molecule has 0 heterocycles. The van der Waals surface area contributed by atoms with E-state index in [1.807, 2.05) is 19.1 Å². The lowest BCUT2D eigenvalue weighted by Gasteiger charge is -2.61. The van der Waals surface area contributed by atoms with Crippen LogP contribution in [0, 0.1) is 53.3 Å². The number of hydrogen-bond acceptors (Lipinski definition) is 3. The average molecular weight is 501 g/mol. The monoisotopic (exact) mass is 500 g/mol. The van der Waals surface area contributed by atoms with Gasteiger partial charge >= 0.3 is 0 Å². The largest absolute Gasteiger partial charge is 0.296 e. The first kappa shape index (κ1) is 25.8. The van der Waals surface area contributed by atoms with Crippen molar-refractivity contribution in [3.63, 3.8) is 0 Å². The maximum Gasteiger partial charge on any atom is 0.296 e. The van der Waals surface area contributed by atoms with Gasteiger partial charge in [-0.05, 0) is 130 Å². The van der Waals surface area contributed by atoms with E-state index in [1.54, 1.807) is 12.1 Å². The Kier molecular flexibility index (Phi) is 7.20. The molecule has 35 heavy (non-hydrogen) atoms. The van der Waals surface area contributed by atoms with Crippen LogP contribution < -0.4 is 0 Å². The molecule has 8 atom stereocenters. The van der Waals surface area contributed by atoms with E-state index in [9.17, 15) is 8.42 Å². The number of rotatable bonds is 7. The Morgan fingerprint density at radius 2 is 1.66 bits per heavy atom. The highest BCUT2D eigenvalue weighted by molar-refractivity contribution is 7.86. The third kappa shape index (κ3) is 4.65. The van der Waals surface area contributed by atoms with Gasteiger partial charge in [0.2, 0.25) is 0 Å². The highest BCUT2D eigenvalue weighted by Crippen LogP contribution is 2.68. The van der Waals surface area contributed by atoms with Gasteiger partial charge in [0.1, 0.15) is 0 Å². The molecule has 4 saturated carbocycles. The molecule has 1 aromatic carbocycles. The molecule has 0 spiro atoms. The maximum atomic E-state index is 12.5. The molecule has 0 radical (unpaired) electrons. The van der Waals surface area contributed by atoms with E-state index in [1.165, 1.54) is 64.2 Å². The Morgan fingerprint density at radius 1 is 0.914 bits per heavy atom. The van der Waals surface area contributed by atoms with Gasteiger partial charge < -0.3 is 0 Å². The van der Waals surface area contributed by atoms with Crippen molar-refractivity contribution in [2.45, 2.75) is 110 Å². The van der Waals surface area contributed by atoms with Gasteiger partial charge in [0.15, 0.2) is 0 Å². The highest BCUT2D eigenvalue weighted by atomic mass is 32.2. The summed E-state index contributed by atoms with van der Waals surface area (Å²) < 4.78 is 30.4. The van der Waals surface area contributed by atoms with Crippen molar-refractivity contribution in [2.75, 3.05) is 6.61 Å². The van der Waals surface area contributed by atoms with Gasteiger partial charge in [0.05, 0.1) is 11.5 Å². The van der Waals surface area contributed by atoms with Crippen molar-refractivity contribution >= 4 is 10.1 Å². The van der Waals surface area contributed by atoms with Crippen molar-refractivity contribution in [1.82, 2.24) is 0 Å². The number of benzene rings is 1. The number of fused-ring (bicyclic) bond motifs is 5. The Morgan fingerprint density at radius 3 is 2.43 bits per heavy atom.